The molecule has 2 saturated heterocycles. The van der Waals surface area contributed by atoms with Crippen molar-refractivity contribution in [3.8, 4) is 0 Å². The van der Waals surface area contributed by atoms with Crippen molar-refractivity contribution in [2.24, 2.45) is 17.8 Å². The number of hydrogen-bond donors (Lipinski definition) is 1. The Bertz CT molecular complexity index is 238. The van der Waals surface area contributed by atoms with Crippen molar-refractivity contribution in [1.82, 2.24) is 10.2 Å². The summed E-state index contributed by atoms with van der Waals surface area (Å²) in [5, 5.41) is 3.78. The summed E-state index contributed by atoms with van der Waals surface area (Å²) in [6.07, 6.45) is 0. The van der Waals surface area contributed by atoms with Crippen LogP contribution in [0.4, 0.5) is 0 Å². The van der Waals surface area contributed by atoms with Crippen LogP contribution in [-0.4, -0.2) is 35.6 Å². The largest absolute Gasteiger partial charge is 0.308 e. The normalized spacial score (nSPS) is 51.9. The van der Waals surface area contributed by atoms with Crippen molar-refractivity contribution in [1.29, 1.82) is 0 Å². The van der Waals surface area contributed by atoms with Crippen LogP contribution >= 0.6 is 0 Å². The number of fused-ring (bicyclic) bond motifs is 5. The zero-order chi connectivity index (χ0) is 10.1. The summed E-state index contributed by atoms with van der Waals surface area (Å²) >= 11 is 0. The number of piperazine rings is 1. The molecule has 1 N–H and O–H groups in total. The molecule has 0 aromatic rings. The highest BCUT2D eigenvalue weighted by Gasteiger charge is 2.62. The molecule has 2 bridgehead atoms. The smallest absolute Gasteiger partial charge is 0.0232 e. The summed E-state index contributed by atoms with van der Waals surface area (Å²) in [4.78, 5) is 2.66. The van der Waals surface area contributed by atoms with E-state index in [4.69, 9.17) is 0 Å². The first-order chi connectivity index (χ1) is 6.48. The molecule has 3 aliphatic rings. The monoisotopic (exact) mass is 194 g/mol. The van der Waals surface area contributed by atoms with Crippen LogP contribution in [0.2, 0.25) is 0 Å². The molecule has 3 rings (SSSR count). The fraction of sp³-hybridized carbons (Fsp3) is 1.00. The molecular weight excluding hydrogens is 172 g/mol. The van der Waals surface area contributed by atoms with Gasteiger partial charge in [-0.15, -0.1) is 0 Å². The lowest BCUT2D eigenvalue weighted by molar-refractivity contribution is 0.0775. The van der Waals surface area contributed by atoms with E-state index in [-0.39, 0.29) is 0 Å². The van der Waals surface area contributed by atoms with Crippen molar-refractivity contribution < 1.29 is 0 Å². The number of likely N-dealkylation sites (tertiary alicyclic amines) is 1. The van der Waals surface area contributed by atoms with Crippen molar-refractivity contribution >= 4 is 0 Å². The van der Waals surface area contributed by atoms with E-state index in [0.717, 1.165) is 29.8 Å². The van der Waals surface area contributed by atoms with Crippen LogP contribution in [0, 0.1) is 17.8 Å². The summed E-state index contributed by atoms with van der Waals surface area (Å²) in [5.74, 6) is 3.02. The minimum Gasteiger partial charge on any atom is -0.308 e. The molecule has 14 heavy (non-hydrogen) atoms. The Kier molecular flexibility index (Phi) is 1.66. The quantitative estimate of drug-likeness (QED) is 0.626. The molecular formula is C12H22N2. The SMILES string of the molecule is CC1C2C1[C@H]1CN(C(C)(C)C)C[C@@H]2N1. The third-order valence-electron chi connectivity index (χ3n) is 4.66. The fourth-order valence-electron chi connectivity index (χ4n) is 3.74. The summed E-state index contributed by atoms with van der Waals surface area (Å²) in [6.45, 7) is 12.0. The first kappa shape index (κ1) is 9.17. The first-order valence-electron chi connectivity index (χ1n) is 5.99. The highest BCUT2D eigenvalue weighted by molar-refractivity contribution is 5.17. The second kappa shape index (κ2) is 2.53. The van der Waals surface area contributed by atoms with Gasteiger partial charge in [-0.1, -0.05) is 6.92 Å². The first-order valence-corrected chi connectivity index (χ1v) is 5.99. The number of rotatable bonds is 0. The van der Waals surface area contributed by atoms with Crippen LogP contribution < -0.4 is 5.32 Å². The highest BCUT2D eigenvalue weighted by Crippen LogP contribution is 2.56. The van der Waals surface area contributed by atoms with Crippen molar-refractivity contribution in [3.05, 3.63) is 0 Å². The predicted molar refractivity (Wildman–Crippen MR) is 58.2 cm³/mol. The second-order valence-electron chi connectivity index (χ2n) is 6.47. The van der Waals surface area contributed by atoms with E-state index >= 15 is 0 Å². The number of piperidine rings is 1. The van der Waals surface area contributed by atoms with E-state index in [1.54, 1.807) is 0 Å². The average molecular weight is 194 g/mol. The molecule has 1 aliphatic carbocycles. The van der Waals surface area contributed by atoms with Gasteiger partial charge in [-0.05, 0) is 38.5 Å². The van der Waals surface area contributed by atoms with E-state index < -0.39 is 0 Å². The number of hydrogen-bond acceptors (Lipinski definition) is 2. The minimum absolute atomic E-state index is 0.360. The van der Waals surface area contributed by atoms with Crippen LogP contribution in [0.15, 0.2) is 0 Å². The third-order valence-corrected chi connectivity index (χ3v) is 4.66. The molecule has 2 aliphatic heterocycles. The van der Waals surface area contributed by atoms with Crippen molar-refractivity contribution in [2.45, 2.75) is 45.3 Å². The van der Waals surface area contributed by atoms with Crippen LogP contribution in [0.3, 0.4) is 0 Å². The summed E-state index contributed by atoms with van der Waals surface area (Å²) in [6, 6.07) is 1.60. The van der Waals surface area contributed by atoms with Gasteiger partial charge in [0.25, 0.3) is 0 Å². The summed E-state index contributed by atoms with van der Waals surface area (Å²) in [7, 11) is 0. The van der Waals surface area contributed by atoms with Gasteiger partial charge in [-0.3, -0.25) is 4.90 Å². The third kappa shape index (κ3) is 1.10. The van der Waals surface area contributed by atoms with Crippen LogP contribution in [0.5, 0.6) is 0 Å². The van der Waals surface area contributed by atoms with E-state index in [9.17, 15) is 0 Å². The minimum atomic E-state index is 0.360. The van der Waals surface area contributed by atoms with Gasteiger partial charge in [0.2, 0.25) is 0 Å². The maximum atomic E-state index is 3.78. The van der Waals surface area contributed by atoms with Gasteiger partial charge >= 0.3 is 0 Å². The summed E-state index contributed by atoms with van der Waals surface area (Å²) < 4.78 is 0. The molecule has 3 unspecified atom stereocenters. The lowest BCUT2D eigenvalue weighted by atomic mass is 10.00. The molecule has 2 nitrogen and oxygen atoms in total. The van der Waals surface area contributed by atoms with E-state index in [2.05, 4.69) is 37.9 Å². The van der Waals surface area contributed by atoms with Gasteiger partial charge in [0.05, 0.1) is 0 Å². The Hall–Kier alpha value is -0.0800. The topological polar surface area (TPSA) is 15.3 Å². The van der Waals surface area contributed by atoms with E-state index in [0.29, 0.717) is 5.54 Å². The number of nitrogens with zero attached hydrogens (tertiary/aromatic N) is 1. The van der Waals surface area contributed by atoms with Crippen LogP contribution in [0.1, 0.15) is 27.7 Å². The van der Waals surface area contributed by atoms with Crippen molar-refractivity contribution in [3.63, 3.8) is 0 Å². The number of nitrogens with one attached hydrogen (secondary N) is 1. The Morgan fingerprint density at radius 1 is 1.07 bits per heavy atom. The fourth-order valence-corrected chi connectivity index (χ4v) is 3.74. The molecule has 0 amide bonds. The molecule has 5 atom stereocenters. The molecule has 0 aromatic carbocycles. The van der Waals surface area contributed by atoms with Gasteiger partial charge in [-0.25, -0.2) is 0 Å². The maximum Gasteiger partial charge on any atom is 0.0232 e. The lowest BCUT2D eigenvalue weighted by Crippen LogP contribution is -2.59. The lowest BCUT2D eigenvalue weighted by Gasteiger charge is -2.43. The van der Waals surface area contributed by atoms with Gasteiger partial charge in [0.1, 0.15) is 0 Å². The molecule has 1 saturated carbocycles. The molecule has 0 aromatic heterocycles. The van der Waals surface area contributed by atoms with Crippen LogP contribution in [-0.2, 0) is 0 Å². The molecule has 3 fully saturated rings. The van der Waals surface area contributed by atoms with Crippen LogP contribution in [0.25, 0.3) is 0 Å². The zero-order valence-corrected chi connectivity index (χ0v) is 9.75. The molecule has 80 valence electrons. The van der Waals surface area contributed by atoms with Gasteiger partial charge in [-0.2, -0.15) is 0 Å². The molecule has 0 spiro atoms. The zero-order valence-electron chi connectivity index (χ0n) is 9.75. The Balaban J connectivity index is 1.76. The van der Waals surface area contributed by atoms with Gasteiger partial charge in [0, 0.05) is 30.7 Å². The van der Waals surface area contributed by atoms with Gasteiger partial charge < -0.3 is 5.32 Å². The van der Waals surface area contributed by atoms with Gasteiger partial charge in [0.15, 0.2) is 0 Å². The van der Waals surface area contributed by atoms with E-state index in [1.807, 2.05) is 0 Å². The maximum absolute atomic E-state index is 3.78. The molecule has 2 heteroatoms. The Morgan fingerprint density at radius 3 is 2.00 bits per heavy atom. The summed E-state index contributed by atoms with van der Waals surface area (Å²) in [5.41, 5.74) is 0.360. The standard InChI is InChI=1S/C12H22N2/c1-7-10-8-5-14(12(2,3)4)6-9(13-8)11(7)10/h7-11,13H,5-6H2,1-4H3/t7?,8-,9+,10?,11?. The van der Waals surface area contributed by atoms with Crippen molar-refractivity contribution in [2.75, 3.05) is 13.1 Å². The predicted octanol–water partition coefficient (Wildman–Crippen LogP) is 1.32. The molecule has 2 heterocycles. The second-order valence-corrected chi connectivity index (χ2v) is 6.47. The molecule has 0 radical (unpaired) electrons. The van der Waals surface area contributed by atoms with E-state index in [1.165, 1.54) is 13.1 Å². The Labute approximate surface area is 87.0 Å². The average Bonchev–Trinajstić information content (AvgIpc) is 2.66. The highest BCUT2D eigenvalue weighted by atomic mass is 15.3. The Morgan fingerprint density at radius 2 is 1.57 bits per heavy atom.